The Morgan fingerprint density at radius 1 is 1.04 bits per heavy atom. The fourth-order valence-electron chi connectivity index (χ4n) is 2.08. The summed E-state index contributed by atoms with van der Waals surface area (Å²) >= 11 is 5.98. The summed E-state index contributed by atoms with van der Waals surface area (Å²) in [6.07, 6.45) is 0. The summed E-state index contributed by atoms with van der Waals surface area (Å²) in [5, 5.41) is 4.79. The fourth-order valence-corrected chi connectivity index (χ4v) is 3.19. The first kappa shape index (κ1) is 15.6. The lowest BCUT2D eigenvalue weighted by molar-refractivity contribution is 0.465. The number of halogens is 1. The third-order valence-electron chi connectivity index (χ3n) is 3.08. The summed E-state index contributed by atoms with van der Waals surface area (Å²) in [5.74, 6) is 0.105. The predicted octanol–water partition coefficient (Wildman–Crippen LogP) is 3.60. The van der Waals surface area contributed by atoms with Crippen LogP contribution in [0.5, 0.6) is 5.88 Å². The Bertz CT molecular complexity index is 937. The van der Waals surface area contributed by atoms with Crippen LogP contribution in [0.2, 0.25) is 5.02 Å². The van der Waals surface area contributed by atoms with Crippen molar-refractivity contribution < 1.29 is 12.6 Å². The van der Waals surface area contributed by atoms with Gasteiger partial charge in [0.25, 0.3) is 0 Å². The smallest absolute Gasteiger partial charge is 0.340 e. The second kappa shape index (κ2) is 6.06. The van der Waals surface area contributed by atoms with Gasteiger partial charge in [0.15, 0.2) is 0 Å². The van der Waals surface area contributed by atoms with Crippen LogP contribution in [0.3, 0.4) is 0 Å². The standard InChI is InChI=1S/C16H13ClN2O3S/c1-12-10-16(19(18-12)14-7-5-6-13(17)11-14)22-23(20,21)15-8-3-2-4-9-15/h2-11H,1H3. The van der Waals surface area contributed by atoms with E-state index in [0.717, 1.165) is 0 Å². The van der Waals surface area contributed by atoms with E-state index in [1.165, 1.54) is 16.8 Å². The summed E-state index contributed by atoms with van der Waals surface area (Å²) in [4.78, 5) is 0.0801. The quantitative estimate of drug-likeness (QED) is 0.676. The molecular weight excluding hydrogens is 336 g/mol. The van der Waals surface area contributed by atoms with Crippen molar-refractivity contribution in [1.29, 1.82) is 0 Å². The second-order valence-corrected chi connectivity index (χ2v) is 6.85. The summed E-state index contributed by atoms with van der Waals surface area (Å²) in [5.41, 5.74) is 1.24. The SMILES string of the molecule is Cc1cc(OS(=O)(=O)c2ccccc2)n(-c2cccc(Cl)c2)n1. The lowest BCUT2D eigenvalue weighted by Gasteiger charge is -2.09. The summed E-state index contributed by atoms with van der Waals surface area (Å²) in [6, 6.07) is 16.4. The predicted molar refractivity (Wildman–Crippen MR) is 87.6 cm³/mol. The normalized spacial score (nSPS) is 11.4. The minimum absolute atomic E-state index is 0.0801. The summed E-state index contributed by atoms with van der Waals surface area (Å²) < 4.78 is 31.4. The third kappa shape index (κ3) is 3.38. The molecule has 2 aromatic carbocycles. The molecule has 5 nitrogen and oxygen atoms in total. The van der Waals surface area contributed by atoms with Crippen molar-refractivity contribution in [2.75, 3.05) is 0 Å². The Hall–Kier alpha value is -2.31. The molecule has 1 heterocycles. The molecule has 1 aromatic heterocycles. The molecule has 118 valence electrons. The number of nitrogens with zero attached hydrogens (tertiary/aromatic N) is 2. The lowest BCUT2D eigenvalue weighted by atomic mass is 10.3. The molecule has 3 aromatic rings. The first-order chi connectivity index (χ1) is 11.0. The first-order valence-electron chi connectivity index (χ1n) is 6.78. The van der Waals surface area contributed by atoms with Crippen LogP contribution in [-0.4, -0.2) is 18.2 Å². The highest BCUT2D eigenvalue weighted by molar-refractivity contribution is 7.87. The molecule has 0 radical (unpaired) electrons. The number of rotatable bonds is 4. The van der Waals surface area contributed by atoms with Gasteiger partial charge in [0, 0.05) is 11.1 Å². The molecule has 0 atom stereocenters. The van der Waals surface area contributed by atoms with Crippen LogP contribution in [0.4, 0.5) is 0 Å². The molecule has 0 amide bonds. The molecule has 7 heteroatoms. The van der Waals surface area contributed by atoms with Gasteiger partial charge < -0.3 is 4.18 Å². The molecule has 0 saturated heterocycles. The van der Waals surface area contributed by atoms with E-state index in [1.54, 1.807) is 55.5 Å². The van der Waals surface area contributed by atoms with Crippen molar-refractivity contribution in [2.24, 2.45) is 0 Å². The van der Waals surface area contributed by atoms with Crippen LogP contribution < -0.4 is 4.18 Å². The molecule has 0 aliphatic heterocycles. The van der Waals surface area contributed by atoms with E-state index in [0.29, 0.717) is 16.4 Å². The zero-order valence-corrected chi connectivity index (χ0v) is 13.8. The van der Waals surface area contributed by atoms with E-state index in [1.807, 2.05) is 0 Å². The van der Waals surface area contributed by atoms with E-state index in [9.17, 15) is 8.42 Å². The number of hydrogen-bond donors (Lipinski definition) is 0. The molecular formula is C16H13ClN2O3S. The molecule has 0 aliphatic rings. The topological polar surface area (TPSA) is 61.2 Å². The van der Waals surface area contributed by atoms with Crippen molar-refractivity contribution in [3.05, 3.63) is 71.4 Å². The maximum Gasteiger partial charge on any atom is 0.340 e. The zero-order valence-electron chi connectivity index (χ0n) is 12.2. The van der Waals surface area contributed by atoms with E-state index >= 15 is 0 Å². The van der Waals surface area contributed by atoms with Crippen LogP contribution in [-0.2, 0) is 10.1 Å². The molecule has 0 unspecified atom stereocenters. The van der Waals surface area contributed by atoms with Gasteiger partial charge in [-0.1, -0.05) is 35.9 Å². The van der Waals surface area contributed by atoms with Crippen LogP contribution in [0.25, 0.3) is 5.69 Å². The Kier molecular flexibility index (Phi) is 4.11. The van der Waals surface area contributed by atoms with Gasteiger partial charge in [-0.15, -0.1) is 0 Å². The van der Waals surface area contributed by atoms with Gasteiger partial charge in [-0.3, -0.25) is 0 Å². The minimum Gasteiger partial charge on any atom is -0.358 e. The van der Waals surface area contributed by atoms with Crippen LogP contribution in [0.1, 0.15) is 5.69 Å². The van der Waals surface area contributed by atoms with Gasteiger partial charge in [-0.25, -0.2) is 0 Å². The molecule has 0 aliphatic carbocycles. The Morgan fingerprint density at radius 3 is 2.48 bits per heavy atom. The number of benzene rings is 2. The van der Waals surface area contributed by atoms with Crippen molar-refractivity contribution in [3.8, 4) is 11.6 Å². The Morgan fingerprint density at radius 2 is 1.78 bits per heavy atom. The van der Waals surface area contributed by atoms with E-state index < -0.39 is 10.1 Å². The third-order valence-corrected chi connectivity index (χ3v) is 4.55. The molecule has 0 saturated carbocycles. The van der Waals surface area contributed by atoms with Crippen LogP contribution in [0.15, 0.2) is 65.6 Å². The largest absolute Gasteiger partial charge is 0.358 e. The Labute approximate surface area is 139 Å². The highest BCUT2D eigenvalue weighted by atomic mass is 35.5. The Balaban J connectivity index is 2.02. The van der Waals surface area contributed by atoms with Gasteiger partial charge in [-0.2, -0.15) is 18.2 Å². The molecule has 0 spiro atoms. The van der Waals surface area contributed by atoms with E-state index in [4.69, 9.17) is 15.8 Å². The first-order valence-corrected chi connectivity index (χ1v) is 8.56. The molecule has 0 N–H and O–H groups in total. The van der Waals surface area contributed by atoms with E-state index in [-0.39, 0.29) is 10.8 Å². The number of aromatic nitrogens is 2. The minimum atomic E-state index is -3.93. The van der Waals surface area contributed by atoms with Crippen molar-refractivity contribution in [1.82, 2.24) is 9.78 Å². The fraction of sp³-hybridized carbons (Fsp3) is 0.0625. The maximum atomic E-state index is 12.4. The maximum absolute atomic E-state index is 12.4. The molecule has 3 rings (SSSR count). The summed E-state index contributed by atoms with van der Waals surface area (Å²) in [7, 11) is -3.93. The van der Waals surface area contributed by atoms with Gasteiger partial charge in [-0.05, 0) is 37.3 Å². The molecule has 0 fully saturated rings. The van der Waals surface area contributed by atoms with Crippen molar-refractivity contribution in [3.63, 3.8) is 0 Å². The summed E-state index contributed by atoms with van der Waals surface area (Å²) in [6.45, 7) is 1.75. The van der Waals surface area contributed by atoms with Gasteiger partial charge >= 0.3 is 10.1 Å². The highest BCUT2D eigenvalue weighted by Gasteiger charge is 2.20. The molecule has 0 bridgehead atoms. The average molecular weight is 349 g/mol. The van der Waals surface area contributed by atoms with Crippen molar-refractivity contribution >= 4 is 21.7 Å². The van der Waals surface area contributed by atoms with E-state index in [2.05, 4.69) is 5.10 Å². The molecule has 23 heavy (non-hydrogen) atoms. The van der Waals surface area contributed by atoms with Gasteiger partial charge in [0.05, 0.1) is 11.4 Å². The van der Waals surface area contributed by atoms with Crippen molar-refractivity contribution in [2.45, 2.75) is 11.8 Å². The van der Waals surface area contributed by atoms with Crippen LogP contribution in [0, 0.1) is 6.92 Å². The van der Waals surface area contributed by atoms with Gasteiger partial charge in [0.2, 0.25) is 5.88 Å². The zero-order chi connectivity index (χ0) is 16.4. The van der Waals surface area contributed by atoms with Crippen LogP contribution >= 0.6 is 11.6 Å². The lowest BCUT2D eigenvalue weighted by Crippen LogP contribution is -2.12. The highest BCUT2D eigenvalue weighted by Crippen LogP contribution is 2.24. The number of aryl methyl sites for hydroxylation is 1. The monoisotopic (exact) mass is 348 g/mol. The number of hydrogen-bond acceptors (Lipinski definition) is 4. The second-order valence-electron chi connectivity index (χ2n) is 4.87. The van der Waals surface area contributed by atoms with Gasteiger partial charge in [0.1, 0.15) is 4.90 Å². The average Bonchev–Trinajstić information content (AvgIpc) is 2.88.